The second kappa shape index (κ2) is 8.78. The second-order valence-electron chi connectivity index (χ2n) is 8.22. The van der Waals surface area contributed by atoms with E-state index in [2.05, 4.69) is 21.3 Å². The summed E-state index contributed by atoms with van der Waals surface area (Å²) in [6, 6.07) is 19.0. The second-order valence-corrected chi connectivity index (χ2v) is 8.22. The van der Waals surface area contributed by atoms with Crippen LogP contribution in [-0.4, -0.2) is 24.4 Å². The van der Waals surface area contributed by atoms with Crippen LogP contribution in [0.2, 0.25) is 0 Å². The molecule has 0 aliphatic carbocycles. The standard InChI is InChI=1S/C26H17F3N6O/c1-16-5-8-19(9-6-16)21-14-32-35-24(23(21)20-4-2-3-17(11-20)12-30)33-34(25(35)36)15-18-7-10-22(31-13-18)26(27,28)29/h2-11,13-14H,15H2,1H3. The molecule has 0 atom stereocenters. The zero-order chi connectivity index (χ0) is 25.4. The van der Waals surface area contributed by atoms with Crippen molar-refractivity contribution < 1.29 is 13.2 Å². The van der Waals surface area contributed by atoms with Crippen LogP contribution in [0.3, 0.4) is 0 Å². The lowest BCUT2D eigenvalue weighted by Crippen LogP contribution is -2.23. The van der Waals surface area contributed by atoms with Gasteiger partial charge in [0.25, 0.3) is 0 Å². The summed E-state index contributed by atoms with van der Waals surface area (Å²) in [5, 5.41) is 18.2. The number of aromatic nitrogens is 5. The summed E-state index contributed by atoms with van der Waals surface area (Å²) >= 11 is 0. The van der Waals surface area contributed by atoms with E-state index in [4.69, 9.17) is 0 Å². The molecule has 0 spiro atoms. The molecule has 3 heterocycles. The summed E-state index contributed by atoms with van der Waals surface area (Å²) in [5.41, 5.74) is 3.41. The van der Waals surface area contributed by atoms with E-state index in [9.17, 15) is 23.2 Å². The van der Waals surface area contributed by atoms with Crippen LogP contribution in [0.4, 0.5) is 13.2 Å². The molecule has 10 heteroatoms. The van der Waals surface area contributed by atoms with Gasteiger partial charge < -0.3 is 0 Å². The van der Waals surface area contributed by atoms with Gasteiger partial charge in [0.05, 0.1) is 24.4 Å². The maximum atomic E-state index is 13.1. The molecule has 0 N–H and O–H groups in total. The van der Waals surface area contributed by atoms with Crippen LogP contribution in [0.1, 0.15) is 22.4 Å². The summed E-state index contributed by atoms with van der Waals surface area (Å²) in [6.45, 7) is 1.88. The van der Waals surface area contributed by atoms with Gasteiger partial charge in [-0.3, -0.25) is 4.98 Å². The van der Waals surface area contributed by atoms with Gasteiger partial charge >= 0.3 is 11.9 Å². The first-order valence-corrected chi connectivity index (χ1v) is 10.8. The van der Waals surface area contributed by atoms with Crippen molar-refractivity contribution in [1.29, 1.82) is 5.26 Å². The zero-order valence-corrected chi connectivity index (χ0v) is 18.9. The number of hydrogen-bond acceptors (Lipinski definition) is 5. The number of nitrogens with zero attached hydrogens (tertiary/aromatic N) is 6. The van der Waals surface area contributed by atoms with E-state index in [1.54, 1.807) is 24.4 Å². The Morgan fingerprint density at radius 2 is 1.78 bits per heavy atom. The molecule has 0 fully saturated rings. The molecule has 7 nitrogen and oxygen atoms in total. The normalized spacial score (nSPS) is 11.5. The van der Waals surface area contributed by atoms with Crippen molar-refractivity contribution in [2.24, 2.45) is 0 Å². The highest BCUT2D eigenvalue weighted by Crippen LogP contribution is 2.34. The molecule has 5 aromatic rings. The molecule has 36 heavy (non-hydrogen) atoms. The van der Waals surface area contributed by atoms with Crippen molar-refractivity contribution in [3.05, 3.63) is 106 Å². The SMILES string of the molecule is Cc1ccc(-c2cnn3c(=O)n(Cc4ccc(C(F)(F)F)nc4)nc3c2-c2cccc(C#N)c2)cc1. The van der Waals surface area contributed by atoms with Crippen LogP contribution >= 0.6 is 0 Å². The summed E-state index contributed by atoms with van der Waals surface area (Å²) in [5.74, 6) is 0. The molecule has 178 valence electrons. The number of aryl methyl sites for hydroxylation is 1. The summed E-state index contributed by atoms with van der Waals surface area (Å²) in [4.78, 5) is 16.6. The van der Waals surface area contributed by atoms with Gasteiger partial charge in [-0.2, -0.15) is 28.0 Å². The maximum absolute atomic E-state index is 13.1. The molecule has 0 radical (unpaired) electrons. The van der Waals surface area contributed by atoms with Crippen molar-refractivity contribution in [1.82, 2.24) is 24.4 Å². The van der Waals surface area contributed by atoms with Crippen LogP contribution < -0.4 is 5.69 Å². The fourth-order valence-corrected chi connectivity index (χ4v) is 3.90. The Labute approximate surface area is 202 Å². The van der Waals surface area contributed by atoms with E-state index in [-0.39, 0.29) is 12.2 Å². The molecule has 0 amide bonds. The average molecular weight is 486 g/mol. The number of rotatable bonds is 4. The largest absolute Gasteiger partial charge is 0.433 e. The van der Waals surface area contributed by atoms with Crippen LogP contribution in [-0.2, 0) is 12.7 Å². The first-order chi connectivity index (χ1) is 17.2. The van der Waals surface area contributed by atoms with Crippen LogP contribution in [0.15, 0.2) is 77.9 Å². The summed E-state index contributed by atoms with van der Waals surface area (Å²) in [7, 11) is 0. The van der Waals surface area contributed by atoms with Gasteiger partial charge in [-0.05, 0) is 41.8 Å². The predicted molar refractivity (Wildman–Crippen MR) is 126 cm³/mol. The lowest BCUT2D eigenvalue weighted by molar-refractivity contribution is -0.141. The smallest absolute Gasteiger partial charge is 0.251 e. The molecule has 0 unspecified atom stereocenters. The van der Waals surface area contributed by atoms with E-state index in [1.807, 2.05) is 37.3 Å². The lowest BCUT2D eigenvalue weighted by Gasteiger charge is -2.11. The number of halogens is 3. The fraction of sp³-hybridized carbons (Fsp3) is 0.115. The molecule has 0 aliphatic rings. The van der Waals surface area contributed by atoms with E-state index in [0.717, 1.165) is 32.6 Å². The molecule has 3 aromatic heterocycles. The Morgan fingerprint density at radius 1 is 1.00 bits per heavy atom. The van der Waals surface area contributed by atoms with Gasteiger partial charge in [0.15, 0.2) is 5.65 Å². The Hall–Kier alpha value is -4.78. The van der Waals surface area contributed by atoms with Crippen molar-refractivity contribution in [2.45, 2.75) is 19.6 Å². The van der Waals surface area contributed by atoms with E-state index >= 15 is 0 Å². The van der Waals surface area contributed by atoms with Crippen molar-refractivity contribution in [2.75, 3.05) is 0 Å². The van der Waals surface area contributed by atoms with Gasteiger partial charge in [0.1, 0.15) is 5.69 Å². The van der Waals surface area contributed by atoms with E-state index in [0.29, 0.717) is 27.8 Å². The summed E-state index contributed by atoms with van der Waals surface area (Å²) in [6.07, 6.45) is -1.91. The third-order valence-electron chi connectivity index (χ3n) is 5.70. The maximum Gasteiger partial charge on any atom is 0.433 e. The monoisotopic (exact) mass is 486 g/mol. The first kappa shape index (κ1) is 23.0. The Morgan fingerprint density at radius 3 is 2.44 bits per heavy atom. The number of nitriles is 1. The van der Waals surface area contributed by atoms with E-state index < -0.39 is 17.6 Å². The highest BCUT2D eigenvalue weighted by molar-refractivity contribution is 5.91. The number of hydrogen-bond donors (Lipinski definition) is 0. The molecule has 2 aromatic carbocycles. The lowest BCUT2D eigenvalue weighted by atomic mass is 9.95. The third-order valence-corrected chi connectivity index (χ3v) is 5.70. The fourth-order valence-electron chi connectivity index (χ4n) is 3.90. The predicted octanol–water partition coefficient (Wildman–Crippen LogP) is 4.87. The molecule has 0 aliphatic heterocycles. The quantitative estimate of drug-likeness (QED) is 0.362. The first-order valence-electron chi connectivity index (χ1n) is 10.8. The Bertz CT molecular complexity index is 1680. The van der Waals surface area contributed by atoms with Crippen LogP contribution in [0, 0.1) is 18.3 Å². The number of benzene rings is 2. The highest BCUT2D eigenvalue weighted by Gasteiger charge is 2.32. The van der Waals surface area contributed by atoms with Crippen molar-refractivity contribution in [3.8, 4) is 28.3 Å². The molecule has 5 rings (SSSR count). The van der Waals surface area contributed by atoms with Gasteiger partial charge in [-0.15, -0.1) is 5.10 Å². The number of pyridine rings is 1. The van der Waals surface area contributed by atoms with Crippen molar-refractivity contribution in [3.63, 3.8) is 0 Å². The minimum atomic E-state index is -4.55. The van der Waals surface area contributed by atoms with Crippen LogP contribution in [0.5, 0.6) is 0 Å². The Kier molecular flexibility index (Phi) is 5.60. The van der Waals surface area contributed by atoms with Gasteiger partial charge in [0, 0.05) is 17.3 Å². The van der Waals surface area contributed by atoms with Crippen LogP contribution in [0.25, 0.3) is 27.9 Å². The van der Waals surface area contributed by atoms with Crippen molar-refractivity contribution >= 4 is 5.65 Å². The molecule has 0 saturated heterocycles. The minimum Gasteiger partial charge on any atom is -0.251 e. The number of fused-ring (bicyclic) bond motifs is 1. The van der Waals surface area contributed by atoms with Gasteiger partial charge in [0.2, 0.25) is 0 Å². The molecule has 0 saturated carbocycles. The Balaban J connectivity index is 1.68. The zero-order valence-electron chi connectivity index (χ0n) is 18.9. The molecular weight excluding hydrogens is 469 g/mol. The molecular formula is C26H17F3N6O. The van der Waals surface area contributed by atoms with E-state index in [1.165, 1.54) is 6.07 Å². The molecule has 0 bridgehead atoms. The third kappa shape index (κ3) is 4.22. The number of alkyl halides is 3. The summed E-state index contributed by atoms with van der Waals surface area (Å²) < 4.78 is 40.8. The average Bonchev–Trinajstić information content (AvgIpc) is 3.18. The minimum absolute atomic E-state index is 0.0924. The topological polar surface area (TPSA) is 88.9 Å². The van der Waals surface area contributed by atoms with Gasteiger partial charge in [-0.1, -0.05) is 48.0 Å². The highest BCUT2D eigenvalue weighted by atomic mass is 19.4. The van der Waals surface area contributed by atoms with Gasteiger partial charge in [-0.25, -0.2) is 9.48 Å².